The summed E-state index contributed by atoms with van der Waals surface area (Å²) in [4.78, 5) is 18.5. The van der Waals surface area contributed by atoms with Crippen LogP contribution in [0, 0.1) is 0 Å². The molecule has 0 heterocycles. The molecule has 0 amide bonds. The van der Waals surface area contributed by atoms with Crippen LogP contribution >= 0.6 is 0 Å². The average molecular weight is 212 g/mol. The summed E-state index contributed by atoms with van der Waals surface area (Å²) in [6.45, 7) is 3.81. The Morgan fingerprint density at radius 1 is 1.43 bits per heavy atom. The minimum atomic E-state index is -0.250. The summed E-state index contributed by atoms with van der Waals surface area (Å²) in [7, 11) is 1.00. The maximum Gasteiger partial charge on any atom is 0.302 e. The molecular formula is C8H20O6. The lowest BCUT2D eigenvalue weighted by Gasteiger charge is -1.96. The molecule has 6 heteroatoms. The standard InChI is InChI=1S/C6H12O2.CH2O2.CH4O.H2O/c1-3-4-5-8-6(2)7;2-1-3;1-2;/h3-5H2,1-2H3;1H,(H,2,3);2H,1H3;1H2. The minimum absolute atomic E-state index is 0. The van der Waals surface area contributed by atoms with Gasteiger partial charge < -0.3 is 20.4 Å². The van der Waals surface area contributed by atoms with Crippen molar-refractivity contribution in [3.8, 4) is 0 Å². The molecule has 6 nitrogen and oxygen atoms in total. The van der Waals surface area contributed by atoms with Crippen molar-refractivity contribution in [2.75, 3.05) is 13.7 Å². The van der Waals surface area contributed by atoms with Gasteiger partial charge in [0.2, 0.25) is 0 Å². The Morgan fingerprint density at radius 2 is 1.79 bits per heavy atom. The van der Waals surface area contributed by atoms with E-state index >= 15 is 0 Å². The van der Waals surface area contributed by atoms with Crippen LogP contribution in [0.1, 0.15) is 26.7 Å². The summed E-state index contributed by atoms with van der Waals surface area (Å²) in [6, 6.07) is 0. The largest absolute Gasteiger partial charge is 0.483 e. The van der Waals surface area contributed by atoms with Crippen molar-refractivity contribution in [2.45, 2.75) is 26.7 Å². The fraction of sp³-hybridized carbons (Fsp3) is 0.750. The van der Waals surface area contributed by atoms with Crippen LogP contribution < -0.4 is 0 Å². The number of esters is 1. The van der Waals surface area contributed by atoms with Crippen molar-refractivity contribution in [2.24, 2.45) is 0 Å². The fourth-order valence-corrected chi connectivity index (χ4v) is 0.360. The quantitative estimate of drug-likeness (QED) is 0.383. The topological polar surface area (TPSA) is 115 Å². The second-order valence-corrected chi connectivity index (χ2v) is 1.80. The molecule has 0 rings (SSSR count). The van der Waals surface area contributed by atoms with Gasteiger partial charge in [0.25, 0.3) is 6.47 Å². The van der Waals surface area contributed by atoms with Crippen LogP contribution in [0.4, 0.5) is 0 Å². The minimum Gasteiger partial charge on any atom is -0.483 e. The Morgan fingerprint density at radius 3 is 2.00 bits per heavy atom. The molecule has 0 atom stereocenters. The highest BCUT2D eigenvalue weighted by Crippen LogP contribution is 1.86. The van der Waals surface area contributed by atoms with E-state index in [1.807, 2.05) is 0 Å². The third-order valence-electron chi connectivity index (χ3n) is 0.803. The Hall–Kier alpha value is -1.14. The molecule has 14 heavy (non-hydrogen) atoms. The highest BCUT2D eigenvalue weighted by molar-refractivity contribution is 5.65. The van der Waals surface area contributed by atoms with Crippen LogP contribution in [-0.2, 0) is 14.3 Å². The molecule has 0 unspecified atom stereocenters. The number of aliphatic hydroxyl groups is 1. The molecule has 0 aliphatic carbocycles. The Labute approximate surface area is 83.8 Å². The van der Waals surface area contributed by atoms with Crippen molar-refractivity contribution in [3.63, 3.8) is 0 Å². The molecule has 4 N–H and O–H groups in total. The molecule has 0 fully saturated rings. The van der Waals surface area contributed by atoms with Crippen LogP contribution in [-0.4, -0.2) is 41.8 Å². The molecule has 0 bridgehead atoms. The van der Waals surface area contributed by atoms with Crippen LogP contribution in [0.25, 0.3) is 0 Å². The van der Waals surface area contributed by atoms with Crippen LogP contribution in [0.3, 0.4) is 0 Å². The molecule has 0 aromatic carbocycles. The lowest BCUT2D eigenvalue weighted by molar-refractivity contribution is -0.141. The molecule has 0 aromatic heterocycles. The number of rotatable bonds is 3. The zero-order chi connectivity index (χ0) is 11.1. The van der Waals surface area contributed by atoms with Crippen molar-refractivity contribution >= 4 is 12.4 Å². The van der Waals surface area contributed by atoms with E-state index in [1.165, 1.54) is 6.92 Å². The first-order chi connectivity index (χ1) is 6.18. The van der Waals surface area contributed by atoms with Crippen molar-refractivity contribution < 1.29 is 30.0 Å². The van der Waals surface area contributed by atoms with E-state index in [9.17, 15) is 4.79 Å². The predicted molar refractivity (Wildman–Crippen MR) is 52.0 cm³/mol. The number of hydrogen-bond acceptors (Lipinski definition) is 4. The Balaban J connectivity index is -0.0000000716. The molecule has 0 aliphatic heterocycles. The number of carbonyl (C=O) groups excluding carboxylic acids is 1. The number of ether oxygens (including phenoxy) is 1. The molecular weight excluding hydrogens is 192 g/mol. The number of carbonyl (C=O) groups is 2. The van der Waals surface area contributed by atoms with Crippen LogP contribution in [0.15, 0.2) is 0 Å². The van der Waals surface area contributed by atoms with Gasteiger partial charge in [0.05, 0.1) is 6.61 Å². The zero-order valence-corrected chi connectivity index (χ0v) is 8.82. The SMILES string of the molecule is CCCCOC(C)=O.CO.O.O=CO. The molecule has 0 aromatic rings. The van der Waals surface area contributed by atoms with E-state index in [0.717, 1.165) is 20.0 Å². The Kier molecular flexibility index (Phi) is 48.9. The van der Waals surface area contributed by atoms with Gasteiger partial charge >= 0.3 is 5.97 Å². The Bertz CT molecular complexity index is 104. The fourth-order valence-electron chi connectivity index (χ4n) is 0.360. The van der Waals surface area contributed by atoms with Crippen molar-refractivity contribution in [1.29, 1.82) is 0 Å². The van der Waals surface area contributed by atoms with Gasteiger partial charge in [-0.25, -0.2) is 0 Å². The molecule has 0 aliphatic rings. The van der Waals surface area contributed by atoms with Crippen molar-refractivity contribution in [1.82, 2.24) is 0 Å². The molecule has 0 radical (unpaired) electrons. The van der Waals surface area contributed by atoms with E-state index in [1.54, 1.807) is 0 Å². The lowest BCUT2D eigenvalue weighted by Crippen LogP contribution is -1.99. The summed E-state index contributed by atoms with van der Waals surface area (Å²) in [5, 5.41) is 13.9. The summed E-state index contributed by atoms with van der Waals surface area (Å²) in [6.07, 6.45) is 2.05. The smallest absolute Gasteiger partial charge is 0.302 e. The first-order valence-electron chi connectivity index (χ1n) is 3.85. The first kappa shape index (κ1) is 23.0. The number of unbranched alkanes of at least 4 members (excludes halogenated alkanes) is 1. The maximum atomic E-state index is 10.1. The van der Waals surface area contributed by atoms with Gasteiger partial charge in [-0.15, -0.1) is 0 Å². The van der Waals surface area contributed by atoms with Crippen molar-refractivity contribution in [3.05, 3.63) is 0 Å². The second kappa shape index (κ2) is 29.7. The normalized spacial score (nSPS) is 6.29. The molecule has 88 valence electrons. The molecule has 0 spiro atoms. The van der Waals surface area contributed by atoms with E-state index in [0.29, 0.717) is 6.61 Å². The number of carboxylic acid groups (broad SMARTS) is 1. The van der Waals surface area contributed by atoms with E-state index in [2.05, 4.69) is 11.7 Å². The maximum absolute atomic E-state index is 10.1. The lowest BCUT2D eigenvalue weighted by atomic mass is 10.4. The van der Waals surface area contributed by atoms with Gasteiger partial charge in [0, 0.05) is 14.0 Å². The second-order valence-electron chi connectivity index (χ2n) is 1.80. The van der Waals surface area contributed by atoms with Gasteiger partial charge in [-0.05, 0) is 6.42 Å². The van der Waals surface area contributed by atoms with Gasteiger partial charge in [-0.3, -0.25) is 9.59 Å². The monoisotopic (exact) mass is 212 g/mol. The van der Waals surface area contributed by atoms with Gasteiger partial charge in [-0.2, -0.15) is 0 Å². The van der Waals surface area contributed by atoms with Crippen LogP contribution in [0.5, 0.6) is 0 Å². The third-order valence-corrected chi connectivity index (χ3v) is 0.803. The number of aliphatic hydroxyl groups excluding tert-OH is 1. The highest BCUT2D eigenvalue weighted by Gasteiger charge is 1.88. The van der Waals surface area contributed by atoms with E-state index < -0.39 is 0 Å². The third kappa shape index (κ3) is 70.9. The summed E-state index contributed by atoms with van der Waals surface area (Å²) in [5.41, 5.74) is 0. The zero-order valence-electron chi connectivity index (χ0n) is 8.82. The summed E-state index contributed by atoms with van der Waals surface area (Å²) in [5.74, 6) is -0.182. The van der Waals surface area contributed by atoms with Crippen LogP contribution in [0.2, 0.25) is 0 Å². The predicted octanol–water partition coefficient (Wildman–Crippen LogP) is -0.166. The molecule has 0 saturated carbocycles. The summed E-state index contributed by atoms with van der Waals surface area (Å²) >= 11 is 0. The van der Waals surface area contributed by atoms with Gasteiger partial charge in [-0.1, -0.05) is 13.3 Å². The van der Waals surface area contributed by atoms with Gasteiger partial charge in [0.1, 0.15) is 0 Å². The van der Waals surface area contributed by atoms with Gasteiger partial charge in [0.15, 0.2) is 0 Å². The van der Waals surface area contributed by atoms with E-state index in [4.69, 9.17) is 15.0 Å². The number of hydrogen-bond donors (Lipinski definition) is 2. The summed E-state index contributed by atoms with van der Waals surface area (Å²) < 4.78 is 4.64. The highest BCUT2D eigenvalue weighted by atomic mass is 16.5. The average Bonchev–Trinajstić information content (AvgIpc) is 2.09. The first-order valence-corrected chi connectivity index (χ1v) is 3.85. The van der Waals surface area contributed by atoms with E-state index in [-0.39, 0.29) is 17.9 Å². The molecule has 0 saturated heterocycles.